The Morgan fingerprint density at radius 1 is 1.10 bits per heavy atom. The Balaban J connectivity index is 1.26. The second-order valence-electron chi connectivity index (χ2n) is 8.57. The average Bonchev–Trinajstić information content (AvgIpc) is 3.02. The molecule has 2 saturated heterocycles. The summed E-state index contributed by atoms with van der Waals surface area (Å²) in [5.41, 5.74) is 3.63. The van der Waals surface area contributed by atoms with Crippen molar-refractivity contribution in [3.63, 3.8) is 0 Å². The van der Waals surface area contributed by atoms with E-state index in [0.717, 1.165) is 34.3 Å². The number of anilines is 1. The predicted molar refractivity (Wildman–Crippen MR) is 114 cm³/mol. The van der Waals surface area contributed by atoms with E-state index in [1.54, 1.807) is 10.7 Å². The molecule has 1 aromatic carbocycles. The van der Waals surface area contributed by atoms with E-state index in [4.69, 9.17) is 4.74 Å². The number of hydrogen-bond donors (Lipinski definition) is 0. The standard InChI is InChI=1S/C21H22BrN5O2/c1-21(2,3)29-20(28)26-12-17-18(26)11-25(17)15-6-4-13(5-7-15)14-8-23-19-16(22)9-24-27(19)10-14/h4-10,17-18H,11-12H2,1-3H3. The summed E-state index contributed by atoms with van der Waals surface area (Å²) >= 11 is 3.45. The maximum absolute atomic E-state index is 12.2. The van der Waals surface area contributed by atoms with Gasteiger partial charge in [-0.2, -0.15) is 5.10 Å². The molecule has 0 spiro atoms. The lowest BCUT2D eigenvalue weighted by molar-refractivity contribution is -0.0309. The number of aromatic nitrogens is 3. The minimum Gasteiger partial charge on any atom is -0.444 e. The Kier molecular flexibility index (Phi) is 4.10. The molecule has 0 N–H and O–H groups in total. The second kappa shape index (κ2) is 6.45. The van der Waals surface area contributed by atoms with Crippen LogP contribution < -0.4 is 4.90 Å². The van der Waals surface area contributed by atoms with Crippen LogP contribution in [-0.2, 0) is 4.74 Å². The highest BCUT2D eigenvalue weighted by Gasteiger charge is 2.54. The van der Waals surface area contributed by atoms with E-state index in [-0.39, 0.29) is 12.1 Å². The topological polar surface area (TPSA) is 63.0 Å². The Morgan fingerprint density at radius 3 is 2.52 bits per heavy atom. The Morgan fingerprint density at radius 2 is 1.86 bits per heavy atom. The summed E-state index contributed by atoms with van der Waals surface area (Å²) in [7, 11) is 0. The maximum atomic E-state index is 12.2. The molecular weight excluding hydrogens is 434 g/mol. The van der Waals surface area contributed by atoms with E-state index < -0.39 is 5.60 Å². The smallest absolute Gasteiger partial charge is 0.410 e. The molecule has 2 aromatic heterocycles. The van der Waals surface area contributed by atoms with Gasteiger partial charge >= 0.3 is 6.09 Å². The quantitative estimate of drug-likeness (QED) is 0.584. The highest BCUT2D eigenvalue weighted by atomic mass is 79.9. The molecule has 2 unspecified atom stereocenters. The van der Waals surface area contributed by atoms with Gasteiger partial charge in [-0.1, -0.05) is 12.1 Å². The van der Waals surface area contributed by atoms with Gasteiger partial charge in [-0.25, -0.2) is 14.3 Å². The zero-order chi connectivity index (χ0) is 20.3. The van der Waals surface area contributed by atoms with Gasteiger partial charge in [-0.3, -0.25) is 4.90 Å². The SMILES string of the molecule is CC(C)(C)OC(=O)N1CC2C1CN2c1ccc(-c2cnc3c(Br)cnn3c2)cc1. The zero-order valence-electron chi connectivity index (χ0n) is 16.5. The summed E-state index contributed by atoms with van der Waals surface area (Å²) in [5.74, 6) is 0. The van der Waals surface area contributed by atoms with Gasteiger partial charge < -0.3 is 9.64 Å². The largest absolute Gasteiger partial charge is 0.444 e. The first-order chi connectivity index (χ1) is 13.8. The molecule has 2 fully saturated rings. The summed E-state index contributed by atoms with van der Waals surface area (Å²) in [4.78, 5) is 20.9. The average molecular weight is 456 g/mol. The molecule has 29 heavy (non-hydrogen) atoms. The first-order valence-corrected chi connectivity index (χ1v) is 10.4. The normalized spacial score (nSPS) is 20.8. The van der Waals surface area contributed by atoms with E-state index in [0.29, 0.717) is 6.04 Å². The predicted octanol–water partition coefficient (Wildman–Crippen LogP) is 3.97. The minimum absolute atomic E-state index is 0.207. The van der Waals surface area contributed by atoms with Gasteiger partial charge in [0.05, 0.1) is 22.8 Å². The fourth-order valence-corrected chi connectivity index (χ4v) is 4.30. The Hall–Kier alpha value is -2.61. The van der Waals surface area contributed by atoms with Crippen molar-refractivity contribution in [2.24, 2.45) is 0 Å². The number of nitrogens with zero attached hydrogens (tertiary/aromatic N) is 5. The fourth-order valence-electron chi connectivity index (χ4n) is 3.92. The van der Waals surface area contributed by atoms with Crippen molar-refractivity contribution in [3.8, 4) is 11.1 Å². The van der Waals surface area contributed by atoms with Gasteiger partial charge in [0.2, 0.25) is 0 Å². The summed E-state index contributed by atoms with van der Waals surface area (Å²) < 4.78 is 8.14. The molecular formula is C21H22BrN5O2. The van der Waals surface area contributed by atoms with Crippen LogP contribution in [0, 0.1) is 0 Å². The lowest BCUT2D eigenvalue weighted by atomic mass is 9.85. The lowest BCUT2D eigenvalue weighted by Gasteiger charge is -2.62. The van der Waals surface area contributed by atoms with Crippen LogP contribution in [0.25, 0.3) is 16.8 Å². The van der Waals surface area contributed by atoms with Crippen molar-refractivity contribution in [1.82, 2.24) is 19.5 Å². The molecule has 7 nitrogen and oxygen atoms in total. The summed E-state index contributed by atoms with van der Waals surface area (Å²) in [5, 5.41) is 4.30. The van der Waals surface area contributed by atoms with Crippen molar-refractivity contribution in [1.29, 1.82) is 0 Å². The van der Waals surface area contributed by atoms with Crippen LogP contribution in [0.15, 0.2) is 47.3 Å². The van der Waals surface area contributed by atoms with Crippen LogP contribution in [0.4, 0.5) is 10.5 Å². The van der Waals surface area contributed by atoms with Crippen LogP contribution in [0.5, 0.6) is 0 Å². The molecule has 0 aliphatic carbocycles. The first-order valence-electron chi connectivity index (χ1n) is 9.66. The summed E-state index contributed by atoms with van der Waals surface area (Å²) in [6, 6.07) is 9.11. The second-order valence-corrected chi connectivity index (χ2v) is 9.42. The van der Waals surface area contributed by atoms with Gasteiger partial charge in [0.1, 0.15) is 5.60 Å². The first kappa shape index (κ1) is 18.4. The minimum atomic E-state index is -0.453. The summed E-state index contributed by atoms with van der Waals surface area (Å²) in [6.45, 7) is 7.26. The Labute approximate surface area is 177 Å². The number of amides is 1. The number of rotatable bonds is 2. The number of fused-ring (bicyclic) bond motifs is 2. The number of carbonyl (C=O) groups excluding carboxylic acids is 1. The molecule has 3 aromatic rings. The zero-order valence-corrected chi connectivity index (χ0v) is 18.1. The van der Waals surface area contributed by atoms with Crippen molar-refractivity contribution < 1.29 is 9.53 Å². The fraction of sp³-hybridized carbons (Fsp3) is 0.381. The van der Waals surface area contributed by atoms with Crippen molar-refractivity contribution >= 4 is 33.4 Å². The van der Waals surface area contributed by atoms with E-state index in [2.05, 4.69) is 55.2 Å². The number of benzene rings is 1. The van der Waals surface area contributed by atoms with Crippen LogP contribution in [0.3, 0.4) is 0 Å². The third-order valence-corrected chi connectivity index (χ3v) is 6.05. The molecule has 8 heteroatoms. The van der Waals surface area contributed by atoms with E-state index in [1.165, 1.54) is 5.69 Å². The van der Waals surface area contributed by atoms with Gasteiger partial charge in [0.25, 0.3) is 0 Å². The van der Waals surface area contributed by atoms with Crippen LogP contribution >= 0.6 is 15.9 Å². The molecule has 2 atom stereocenters. The number of ether oxygens (including phenoxy) is 1. The van der Waals surface area contributed by atoms with E-state index in [9.17, 15) is 4.79 Å². The number of likely N-dealkylation sites (tertiary alicyclic amines) is 1. The number of halogens is 1. The monoisotopic (exact) mass is 455 g/mol. The number of carbonyl (C=O) groups is 1. The highest BCUT2D eigenvalue weighted by Crippen LogP contribution is 2.38. The molecule has 0 saturated carbocycles. The van der Waals surface area contributed by atoms with Gasteiger partial charge in [-0.15, -0.1) is 0 Å². The molecule has 150 valence electrons. The molecule has 5 rings (SSSR count). The third-order valence-electron chi connectivity index (χ3n) is 5.49. The Bertz CT molecular complexity index is 1090. The number of piperazine rings is 1. The maximum Gasteiger partial charge on any atom is 0.410 e. The van der Waals surface area contributed by atoms with Crippen LogP contribution in [-0.4, -0.2) is 56.4 Å². The lowest BCUT2D eigenvalue weighted by Crippen LogP contribution is -2.80. The third kappa shape index (κ3) is 3.15. The molecule has 2 aliphatic heterocycles. The van der Waals surface area contributed by atoms with E-state index in [1.807, 2.05) is 38.1 Å². The van der Waals surface area contributed by atoms with Gasteiger partial charge in [0, 0.05) is 36.7 Å². The van der Waals surface area contributed by atoms with Crippen LogP contribution in [0.2, 0.25) is 0 Å². The van der Waals surface area contributed by atoms with Crippen LogP contribution in [0.1, 0.15) is 20.8 Å². The van der Waals surface area contributed by atoms with Crippen molar-refractivity contribution in [3.05, 3.63) is 47.3 Å². The molecule has 1 amide bonds. The van der Waals surface area contributed by atoms with Crippen molar-refractivity contribution in [2.45, 2.75) is 38.5 Å². The van der Waals surface area contributed by atoms with Crippen molar-refractivity contribution in [2.75, 3.05) is 18.0 Å². The van der Waals surface area contributed by atoms with E-state index >= 15 is 0 Å². The van der Waals surface area contributed by atoms with Gasteiger partial charge in [0.15, 0.2) is 5.65 Å². The summed E-state index contributed by atoms with van der Waals surface area (Å²) in [6.07, 6.45) is 5.38. The number of hydrogen-bond acceptors (Lipinski definition) is 5. The molecule has 2 aliphatic rings. The molecule has 0 bridgehead atoms. The van der Waals surface area contributed by atoms with Gasteiger partial charge in [-0.05, 0) is 54.4 Å². The highest BCUT2D eigenvalue weighted by molar-refractivity contribution is 9.10. The molecule has 4 heterocycles. The molecule has 0 radical (unpaired) electrons.